The molecular weight excluding hydrogens is 914 g/mol. The van der Waals surface area contributed by atoms with Crippen LogP contribution in [0, 0.1) is 0 Å². The van der Waals surface area contributed by atoms with Crippen LogP contribution in [0.4, 0.5) is 40.1 Å². The molecule has 5 aromatic rings. The summed E-state index contributed by atoms with van der Waals surface area (Å²) in [5.41, 5.74) is 0.939. The molecule has 0 unspecified atom stereocenters. The van der Waals surface area contributed by atoms with Crippen molar-refractivity contribution < 1.29 is 70.0 Å². The van der Waals surface area contributed by atoms with Gasteiger partial charge in [0, 0.05) is 0 Å². The molecule has 5 rings (SSSR count). The number of nitrogens with zero attached hydrogens (tertiary/aromatic N) is 7. The van der Waals surface area contributed by atoms with Gasteiger partial charge >= 0.3 is 0 Å². The molecule has 302 valence electrons. The van der Waals surface area contributed by atoms with E-state index < -0.39 is 131 Å². The van der Waals surface area contributed by atoms with E-state index in [0.29, 0.717) is 36.4 Å². The van der Waals surface area contributed by atoms with Crippen LogP contribution < -0.4 is 11.1 Å². The van der Waals surface area contributed by atoms with Crippen LogP contribution in [-0.4, -0.2) is 84.9 Å². The highest BCUT2D eigenvalue weighted by molar-refractivity contribution is 7.87. The number of nitrogen functional groups attached to an aromatic ring is 1. The van der Waals surface area contributed by atoms with E-state index in [1.807, 2.05) is 0 Å². The second kappa shape index (κ2) is 15.0. The number of benzene rings is 4. The van der Waals surface area contributed by atoms with Gasteiger partial charge in [0.2, 0.25) is 16.5 Å². The van der Waals surface area contributed by atoms with Gasteiger partial charge in [-0.2, -0.15) is 62.2 Å². The third-order valence-corrected chi connectivity index (χ3v) is 11.7. The number of azo groups is 2. The fraction of sp³-hybridized carbons (Fsp3) is 0. The number of hydrogen-bond donors (Lipinski definition) is 8. The molecule has 0 saturated heterocycles. The Kier molecular flexibility index (Phi) is 11.3. The van der Waals surface area contributed by atoms with Crippen LogP contribution in [0.2, 0.25) is 10.6 Å². The molecule has 0 fully saturated rings. The van der Waals surface area contributed by atoms with Crippen LogP contribution in [0.3, 0.4) is 0 Å². The number of fused-ring (bicyclic) bond motifs is 1. The number of halogens is 2. The van der Waals surface area contributed by atoms with Gasteiger partial charge in [0.25, 0.3) is 50.6 Å². The summed E-state index contributed by atoms with van der Waals surface area (Å²) in [6.45, 7) is 0. The quantitative estimate of drug-likeness (QED) is 0.0516. The Bertz CT molecular complexity index is 3170. The Hall–Kier alpha value is -5.12. The predicted octanol–water partition coefficient (Wildman–Crippen LogP) is 4.43. The number of aromatic hydroxyl groups is 1. The highest BCUT2D eigenvalue weighted by atomic mass is 35.5. The molecule has 1 aromatic heterocycles. The van der Waals surface area contributed by atoms with Crippen molar-refractivity contribution in [2.24, 2.45) is 20.5 Å². The smallest absolute Gasteiger partial charge is 0.296 e. The van der Waals surface area contributed by atoms with Crippen molar-refractivity contribution in [2.45, 2.75) is 24.5 Å². The number of anilines is 3. The lowest BCUT2D eigenvalue weighted by Gasteiger charge is -2.14. The lowest BCUT2D eigenvalue weighted by Crippen LogP contribution is -2.06. The molecule has 0 spiro atoms. The number of hydrogen-bond acceptors (Lipinski definition) is 20. The number of phenolic OH excluding ortho intramolecular Hbond substituents is 1. The minimum Gasteiger partial charge on any atom is -0.505 e. The van der Waals surface area contributed by atoms with Gasteiger partial charge in [-0.15, -0.1) is 15.3 Å². The van der Waals surface area contributed by atoms with Crippen molar-refractivity contribution in [3.8, 4) is 5.75 Å². The summed E-state index contributed by atoms with van der Waals surface area (Å²) in [4.78, 5) is 5.31. The summed E-state index contributed by atoms with van der Waals surface area (Å²) in [6.07, 6.45) is 0. The first-order valence-corrected chi connectivity index (χ1v) is 22.0. The zero-order valence-electron chi connectivity index (χ0n) is 26.9. The minimum absolute atomic E-state index is 0.378. The van der Waals surface area contributed by atoms with E-state index in [2.05, 4.69) is 40.7 Å². The van der Waals surface area contributed by atoms with Crippen molar-refractivity contribution in [3.05, 3.63) is 59.1 Å². The summed E-state index contributed by atoms with van der Waals surface area (Å²) in [5.74, 6) is -1.68. The molecule has 0 amide bonds. The van der Waals surface area contributed by atoms with Gasteiger partial charge in [-0.25, -0.2) is 0 Å². The SMILES string of the molecule is Nc1c(N=Nc2cc(S(=O)(=O)O)ccc2S(=O)(=O)O)c(S(=O)(=O)O)cc2cc(S(=O)(=O)O)c(N=Nc3ccc(Nc4nc(Cl)nc(Cl)n4)c(S(=O)(=O)O)c3)c(O)c12. The normalized spacial score (nSPS) is 13.2. The molecule has 0 atom stereocenters. The van der Waals surface area contributed by atoms with Crippen molar-refractivity contribution in [3.63, 3.8) is 0 Å². The van der Waals surface area contributed by atoms with Gasteiger partial charge in [-0.05, 0) is 77.1 Å². The Morgan fingerprint density at radius 1 is 0.579 bits per heavy atom. The number of aromatic nitrogens is 3. The van der Waals surface area contributed by atoms with E-state index >= 15 is 0 Å². The lowest BCUT2D eigenvalue weighted by molar-refractivity contribution is 0.472. The van der Waals surface area contributed by atoms with Gasteiger partial charge in [-0.1, -0.05) is 0 Å². The van der Waals surface area contributed by atoms with Gasteiger partial charge in [0.05, 0.1) is 27.3 Å². The molecule has 4 aromatic carbocycles. The molecule has 1 heterocycles. The monoisotopic (exact) mass is 929 g/mol. The Balaban J connectivity index is 1.73. The number of nitrogens with one attached hydrogen (secondary N) is 1. The van der Waals surface area contributed by atoms with Gasteiger partial charge in [0.1, 0.15) is 36.6 Å². The van der Waals surface area contributed by atoms with Gasteiger partial charge < -0.3 is 16.2 Å². The summed E-state index contributed by atoms with van der Waals surface area (Å²) in [7, 11) is -26.2. The second-order valence-corrected chi connectivity index (χ2v) is 18.4. The predicted molar refractivity (Wildman–Crippen MR) is 193 cm³/mol. The van der Waals surface area contributed by atoms with E-state index in [9.17, 15) is 70.0 Å². The van der Waals surface area contributed by atoms with Crippen molar-refractivity contribution in [1.29, 1.82) is 0 Å². The summed E-state index contributed by atoms with van der Waals surface area (Å²) in [5, 5.41) is 25.6. The third-order valence-electron chi connectivity index (χ3n) is 6.97. The average Bonchev–Trinajstić information content (AvgIpc) is 3.04. The Morgan fingerprint density at radius 2 is 1.11 bits per heavy atom. The maximum Gasteiger partial charge on any atom is 0.296 e. The van der Waals surface area contributed by atoms with Crippen LogP contribution in [0.15, 0.2) is 93.5 Å². The highest BCUT2D eigenvalue weighted by Gasteiger charge is 2.29. The van der Waals surface area contributed by atoms with Gasteiger partial charge in [-0.3, -0.25) is 22.8 Å². The van der Waals surface area contributed by atoms with Crippen LogP contribution in [-0.2, 0) is 50.6 Å². The molecule has 0 radical (unpaired) electrons. The summed E-state index contributed by atoms with van der Waals surface area (Å²) >= 11 is 11.4. The fourth-order valence-corrected chi connectivity index (χ4v) is 8.13. The minimum atomic E-state index is -5.45. The molecule has 32 heteroatoms. The highest BCUT2D eigenvalue weighted by Crippen LogP contribution is 2.48. The van der Waals surface area contributed by atoms with Crippen molar-refractivity contribution in [1.82, 2.24) is 15.0 Å². The summed E-state index contributed by atoms with van der Waals surface area (Å²) < 4.78 is 170. The second-order valence-electron chi connectivity index (χ2n) is 10.7. The maximum atomic E-state index is 12.4. The molecule has 0 bridgehead atoms. The lowest BCUT2D eigenvalue weighted by atomic mass is 10.1. The van der Waals surface area contributed by atoms with Crippen molar-refractivity contribution in [2.75, 3.05) is 11.1 Å². The zero-order chi connectivity index (χ0) is 42.6. The first kappa shape index (κ1) is 43.0. The van der Waals surface area contributed by atoms with E-state index in [1.54, 1.807) is 0 Å². The first-order valence-electron chi connectivity index (χ1n) is 14.0. The molecule has 25 nitrogen and oxygen atoms in total. The van der Waals surface area contributed by atoms with Crippen LogP contribution in [0.1, 0.15) is 0 Å². The first-order chi connectivity index (χ1) is 26.1. The van der Waals surface area contributed by atoms with Crippen LogP contribution in [0.5, 0.6) is 5.75 Å². The van der Waals surface area contributed by atoms with E-state index in [4.69, 9.17) is 28.9 Å². The van der Waals surface area contributed by atoms with Gasteiger partial charge in [0.15, 0.2) is 5.75 Å². The number of nitrogens with two attached hydrogens (primary N) is 1. The summed E-state index contributed by atoms with van der Waals surface area (Å²) in [6, 6.07) is 5.06. The zero-order valence-corrected chi connectivity index (χ0v) is 32.5. The molecule has 9 N–H and O–H groups in total. The topological polar surface area (TPSA) is 418 Å². The van der Waals surface area contributed by atoms with E-state index in [1.165, 1.54) is 0 Å². The molecule has 0 aliphatic carbocycles. The number of phenols is 1. The third kappa shape index (κ3) is 9.54. The molecule has 0 aliphatic rings. The van der Waals surface area contributed by atoms with Crippen molar-refractivity contribution >= 4 is 125 Å². The Morgan fingerprint density at radius 3 is 1.63 bits per heavy atom. The molecule has 0 saturated carbocycles. The number of rotatable bonds is 11. The van der Waals surface area contributed by atoms with E-state index in [0.717, 1.165) is 12.1 Å². The van der Waals surface area contributed by atoms with Crippen LogP contribution in [0.25, 0.3) is 10.8 Å². The molecule has 57 heavy (non-hydrogen) atoms. The average molecular weight is 931 g/mol. The fourth-order valence-electron chi connectivity index (χ4n) is 4.66. The largest absolute Gasteiger partial charge is 0.505 e. The standard InChI is InChI=1S/C25H17Cl2N9O16S5/c26-23-30-24(27)32-25(31-23)29-12-3-1-10(7-15(12)55(44,45)46)33-36-21-17(57(50,51)52)6-9-5-16(56(47,48)49)20(19(28)18(9)22(21)37)35-34-13-8-11(53(38,39)40)2-4-14(13)54(41,42)43/h1-8,37H,28H2,(H,38,39,40)(H,41,42,43)(H,44,45,46)(H,47,48,49)(H,50,51,52)(H,29,30,31,32). The van der Waals surface area contributed by atoms with E-state index in [-0.39, 0.29) is 11.6 Å². The molecular formula is C25H17Cl2N9O16S5. The maximum absolute atomic E-state index is 12.4. The Labute approximate surface area is 328 Å². The molecule has 0 aliphatic heterocycles. The van der Waals surface area contributed by atoms with Crippen LogP contribution >= 0.6 is 23.2 Å².